The highest BCUT2D eigenvalue weighted by Gasteiger charge is 2.16. The van der Waals surface area contributed by atoms with Crippen molar-refractivity contribution in [2.75, 3.05) is 13.7 Å². The molecule has 0 aliphatic carbocycles. The number of ether oxygens (including phenoxy) is 1. The molecule has 1 rings (SSSR count). The zero-order valence-corrected chi connectivity index (χ0v) is 11.6. The van der Waals surface area contributed by atoms with Gasteiger partial charge in [-0.2, -0.15) is 0 Å². The van der Waals surface area contributed by atoms with Crippen molar-refractivity contribution in [2.45, 2.75) is 38.8 Å². The van der Waals surface area contributed by atoms with Gasteiger partial charge in [-0.3, -0.25) is 0 Å². The summed E-state index contributed by atoms with van der Waals surface area (Å²) in [6, 6.07) is 8.27. The van der Waals surface area contributed by atoms with Gasteiger partial charge >= 0.3 is 0 Å². The lowest BCUT2D eigenvalue weighted by Gasteiger charge is -2.23. The maximum atomic E-state index is 6.24. The molecule has 0 heterocycles. The number of hydrogen-bond acceptors (Lipinski definition) is 2. The average Bonchev–Trinajstić information content (AvgIpc) is 2.35. The molecule has 0 spiro atoms. The van der Waals surface area contributed by atoms with Crippen LogP contribution in [0.2, 0.25) is 5.02 Å². The van der Waals surface area contributed by atoms with E-state index in [1.165, 1.54) is 0 Å². The van der Waals surface area contributed by atoms with E-state index in [-0.39, 0.29) is 12.1 Å². The molecule has 0 fully saturated rings. The molecule has 0 radical (unpaired) electrons. The highest BCUT2D eigenvalue weighted by Crippen LogP contribution is 2.26. The van der Waals surface area contributed by atoms with Gasteiger partial charge in [0, 0.05) is 18.2 Å². The van der Waals surface area contributed by atoms with Crippen LogP contribution in [0.4, 0.5) is 0 Å². The zero-order valence-electron chi connectivity index (χ0n) is 10.9. The first-order valence-electron chi connectivity index (χ1n) is 6.19. The molecule has 17 heavy (non-hydrogen) atoms. The van der Waals surface area contributed by atoms with Crippen LogP contribution in [0.1, 0.15) is 38.3 Å². The van der Waals surface area contributed by atoms with Crippen molar-refractivity contribution in [3.05, 3.63) is 34.9 Å². The largest absolute Gasteiger partial charge is 0.382 e. The van der Waals surface area contributed by atoms with Crippen molar-refractivity contribution in [3.63, 3.8) is 0 Å². The quantitative estimate of drug-likeness (QED) is 0.800. The molecule has 1 aromatic carbocycles. The Morgan fingerprint density at radius 2 is 2.06 bits per heavy atom. The molecule has 0 aliphatic heterocycles. The molecular weight excluding hydrogens is 234 g/mol. The minimum Gasteiger partial charge on any atom is -0.382 e. The molecule has 1 N–H and O–H groups in total. The third-order valence-corrected chi connectivity index (χ3v) is 3.24. The lowest BCUT2D eigenvalue weighted by atomic mass is 10.0. The van der Waals surface area contributed by atoms with E-state index >= 15 is 0 Å². The van der Waals surface area contributed by atoms with E-state index in [0.29, 0.717) is 0 Å². The predicted molar refractivity (Wildman–Crippen MR) is 73.6 cm³/mol. The van der Waals surface area contributed by atoms with Crippen LogP contribution >= 0.6 is 11.6 Å². The molecule has 0 amide bonds. The molecule has 3 heteroatoms. The van der Waals surface area contributed by atoms with Gasteiger partial charge < -0.3 is 10.1 Å². The number of benzene rings is 1. The highest BCUT2D eigenvalue weighted by atomic mass is 35.5. The van der Waals surface area contributed by atoms with Crippen LogP contribution in [0.3, 0.4) is 0 Å². The van der Waals surface area contributed by atoms with Crippen molar-refractivity contribution >= 4 is 11.6 Å². The molecule has 96 valence electrons. The molecule has 2 atom stereocenters. The zero-order chi connectivity index (χ0) is 12.7. The lowest BCUT2D eigenvalue weighted by molar-refractivity contribution is 0.100. The fourth-order valence-electron chi connectivity index (χ4n) is 1.82. The summed E-state index contributed by atoms with van der Waals surface area (Å²) < 4.78 is 5.34. The average molecular weight is 256 g/mol. The second-order valence-electron chi connectivity index (χ2n) is 4.31. The van der Waals surface area contributed by atoms with Crippen LogP contribution in [0.25, 0.3) is 0 Å². The van der Waals surface area contributed by atoms with E-state index in [1.807, 2.05) is 18.2 Å². The Labute approximate surface area is 109 Å². The summed E-state index contributed by atoms with van der Waals surface area (Å²) in [5.74, 6) is 0. The number of hydrogen-bond donors (Lipinski definition) is 1. The normalized spacial score (nSPS) is 14.6. The third-order valence-electron chi connectivity index (χ3n) is 2.89. The highest BCUT2D eigenvalue weighted by molar-refractivity contribution is 6.31. The molecular formula is C14H22ClNO. The number of methoxy groups -OCH3 is 1. The maximum absolute atomic E-state index is 6.24. The Morgan fingerprint density at radius 3 is 2.65 bits per heavy atom. The molecule has 2 nitrogen and oxygen atoms in total. The SMILES string of the molecule is CCCNC(CC(C)OC)c1ccccc1Cl. The molecule has 0 aliphatic rings. The monoisotopic (exact) mass is 255 g/mol. The van der Waals surface area contributed by atoms with Crippen LogP contribution in [-0.2, 0) is 4.74 Å². The van der Waals surface area contributed by atoms with Gasteiger partial charge in [-0.15, -0.1) is 0 Å². The minimum atomic E-state index is 0.223. The first-order chi connectivity index (χ1) is 8.19. The predicted octanol–water partition coefficient (Wildman–Crippen LogP) is 3.81. The summed E-state index contributed by atoms with van der Waals surface area (Å²) in [7, 11) is 1.74. The van der Waals surface area contributed by atoms with Crippen molar-refractivity contribution in [1.29, 1.82) is 0 Å². The van der Waals surface area contributed by atoms with Gasteiger partial charge in [0.15, 0.2) is 0 Å². The van der Waals surface area contributed by atoms with Crippen molar-refractivity contribution < 1.29 is 4.74 Å². The van der Waals surface area contributed by atoms with E-state index in [0.717, 1.165) is 30.0 Å². The second kappa shape index (κ2) is 7.70. The van der Waals surface area contributed by atoms with Crippen LogP contribution in [-0.4, -0.2) is 19.8 Å². The Balaban J connectivity index is 2.78. The summed E-state index contributed by atoms with van der Waals surface area (Å²) in [6.45, 7) is 5.24. The van der Waals surface area contributed by atoms with Gasteiger partial charge in [-0.05, 0) is 37.9 Å². The smallest absolute Gasteiger partial charge is 0.0561 e. The molecule has 0 saturated heterocycles. The van der Waals surface area contributed by atoms with Gasteiger partial charge in [0.25, 0.3) is 0 Å². The molecule has 2 unspecified atom stereocenters. The van der Waals surface area contributed by atoms with Crippen molar-refractivity contribution in [1.82, 2.24) is 5.32 Å². The van der Waals surface area contributed by atoms with Gasteiger partial charge in [0.05, 0.1) is 6.10 Å². The number of nitrogens with one attached hydrogen (secondary N) is 1. The van der Waals surface area contributed by atoms with Crippen molar-refractivity contribution in [2.24, 2.45) is 0 Å². The fraction of sp³-hybridized carbons (Fsp3) is 0.571. The van der Waals surface area contributed by atoms with E-state index in [4.69, 9.17) is 16.3 Å². The number of halogens is 1. The van der Waals surface area contributed by atoms with Crippen LogP contribution < -0.4 is 5.32 Å². The topological polar surface area (TPSA) is 21.3 Å². The number of rotatable bonds is 7. The Kier molecular flexibility index (Phi) is 6.56. The van der Waals surface area contributed by atoms with E-state index in [2.05, 4.69) is 25.2 Å². The van der Waals surface area contributed by atoms with Gasteiger partial charge in [0.1, 0.15) is 0 Å². The first kappa shape index (κ1) is 14.5. The summed E-state index contributed by atoms with van der Waals surface area (Å²) in [5, 5.41) is 4.35. The van der Waals surface area contributed by atoms with Crippen LogP contribution in [0.5, 0.6) is 0 Å². The van der Waals surface area contributed by atoms with E-state index in [1.54, 1.807) is 7.11 Å². The fourth-order valence-corrected chi connectivity index (χ4v) is 2.09. The maximum Gasteiger partial charge on any atom is 0.0561 e. The Bertz CT molecular complexity index is 330. The second-order valence-corrected chi connectivity index (χ2v) is 4.72. The summed E-state index contributed by atoms with van der Waals surface area (Å²) >= 11 is 6.24. The van der Waals surface area contributed by atoms with E-state index in [9.17, 15) is 0 Å². The Hall–Kier alpha value is -0.570. The first-order valence-corrected chi connectivity index (χ1v) is 6.57. The summed E-state index contributed by atoms with van der Waals surface area (Å²) in [6.07, 6.45) is 2.27. The van der Waals surface area contributed by atoms with Crippen LogP contribution in [0.15, 0.2) is 24.3 Å². The Morgan fingerprint density at radius 1 is 1.35 bits per heavy atom. The molecule has 0 bridgehead atoms. The van der Waals surface area contributed by atoms with Crippen molar-refractivity contribution in [3.8, 4) is 0 Å². The van der Waals surface area contributed by atoms with Gasteiger partial charge in [-0.25, -0.2) is 0 Å². The lowest BCUT2D eigenvalue weighted by Crippen LogP contribution is -2.26. The van der Waals surface area contributed by atoms with E-state index < -0.39 is 0 Å². The molecule has 0 saturated carbocycles. The van der Waals surface area contributed by atoms with Crippen LogP contribution in [0, 0.1) is 0 Å². The van der Waals surface area contributed by atoms with Gasteiger partial charge in [-0.1, -0.05) is 36.7 Å². The standard InChI is InChI=1S/C14H22ClNO/c1-4-9-16-14(10-11(2)17-3)12-7-5-6-8-13(12)15/h5-8,11,14,16H,4,9-10H2,1-3H3. The molecule has 1 aromatic rings. The third kappa shape index (κ3) is 4.66. The summed E-state index contributed by atoms with van der Waals surface area (Å²) in [4.78, 5) is 0. The molecule has 0 aromatic heterocycles. The summed E-state index contributed by atoms with van der Waals surface area (Å²) in [5.41, 5.74) is 1.16. The van der Waals surface area contributed by atoms with Gasteiger partial charge in [0.2, 0.25) is 0 Å². The minimum absolute atomic E-state index is 0.223.